The van der Waals surface area contributed by atoms with E-state index < -0.39 is 0 Å². The van der Waals surface area contributed by atoms with E-state index in [9.17, 15) is 0 Å². The Kier molecular flexibility index (Phi) is 2.79. The smallest absolute Gasteiger partial charge is 0.133 e. The fourth-order valence-electron chi connectivity index (χ4n) is 1.79. The summed E-state index contributed by atoms with van der Waals surface area (Å²) >= 11 is 3.50. The minimum absolute atomic E-state index is 0.511. The molecular weight excluding hydrogens is 242 g/mol. The molecule has 0 saturated carbocycles. The van der Waals surface area contributed by atoms with Gasteiger partial charge in [0.15, 0.2) is 0 Å². The van der Waals surface area contributed by atoms with Gasteiger partial charge < -0.3 is 10.1 Å². The maximum absolute atomic E-state index is 5.19. The first-order valence-electron chi connectivity index (χ1n) is 4.79. The first kappa shape index (κ1) is 9.99. The van der Waals surface area contributed by atoms with Crippen LogP contribution in [0.3, 0.4) is 0 Å². The van der Waals surface area contributed by atoms with Crippen LogP contribution in [0.15, 0.2) is 22.7 Å². The Morgan fingerprint density at radius 1 is 1.50 bits per heavy atom. The summed E-state index contributed by atoms with van der Waals surface area (Å²) in [6.07, 6.45) is 0. The number of halogens is 1. The molecule has 1 aliphatic rings. The van der Waals surface area contributed by atoms with Crippen molar-refractivity contribution < 1.29 is 4.74 Å². The van der Waals surface area contributed by atoms with Crippen LogP contribution in [-0.2, 0) is 0 Å². The molecule has 0 spiro atoms. The van der Waals surface area contributed by atoms with Gasteiger partial charge in [0.2, 0.25) is 0 Å². The van der Waals surface area contributed by atoms with Crippen molar-refractivity contribution >= 4 is 15.9 Å². The highest BCUT2D eigenvalue weighted by Gasteiger charge is 2.27. The lowest BCUT2D eigenvalue weighted by Crippen LogP contribution is -2.43. The summed E-state index contributed by atoms with van der Waals surface area (Å²) in [6.45, 7) is 3.38. The van der Waals surface area contributed by atoms with E-state index >= 15 is 0 Å². The molecule has 0 bridgehead atoms. The minimum atomic E-state index is 0.511. The molecule has 1 aromatic carbocycles. The minimum Gasteiger partial charge on any atom is -0.496 e. The van der Waals surface area contributed by atoms with Gasteiger partial charge in [-0.1, -0.05) is 13.0 Å². The standard InChI is InChI=1S/C11H14BrNO/c1-7-6-13-11(7)8-3-4-10(14-2)9(12)5-8/h3-5,7,11,13H,6H2,1-2H3. The van der Waals surface area contributed by atoms with Crippen LogP contribution in [0.1, 0.15) is 18.5 Å². The van der Waals surface area contributed by atoms with Crippen LogP contribution >= 0.6 is 15.9 Å². The third kappa shape index (κ3) is 1.66. The molecule has 1 N–H and O–H groups in total. The van der Waals surface area contributed by atoms with Gasteiger partial charge >= 0.3 is 0 Å². The first-order valence-corrected chi connectivity index (χ1v) is 5.58. The highest BCUT2D eigenvalue weighted by molar-refractivity contribution is 9.10. The third-order valence-corrected chi connectivity index (χ3v) is 3.38. The first-order chi connectivity index (χ1) is 6.72. The molecule has 1 aliphatic heterocycles. The van der Waals surface area contributed by atoms with Gasteiger partial charge in [0, 0.05) is 12.6 Å². The zero-order chi connectivity index (χ0) is 10.1. The largest absolute Gasteiger partial charge is 0.496 e. The molecule has 0 radical (unpaired) electrons. The SMILES string of the molecule is COc1ccc(C2NCC2C)cc1Br. The van der Waals surface area contributed by atoms with Gasteiger partial charge in [-0.2, -0.15) is 0 Å². The van der Waals surface area contributed by atoms with E-state index in [-0.39, 0.29) is 0 Å². The molecule has 3 heteroatoms. The van der Waals surface area contributed by atoms with Gasteiger partial charge in [-0.25, -0.2) is 0 Å². The molecule has 76 valence electrons. The summed E-state index contributed by atoms with van der Waals surface area (Å²) in [4.78, 5) is 0. The lowest BCUT2D eigenvalue weighted by Gasteiger charge is -2.36. The van der Waals surface area contributed by atoms with Crippen LogP contribution in [-0.4, -0.2) is 13.7 Å². The lowest BCUT2D eigenvalue weighted by atomic mass is 9.88. The van der Waals surface area contributed by atoms with Gasteiger partial charge in [0.25, 0.3) is 0 Å². The quantitative estimate of drug-likeness (QED) is 0.878. The molecule has 2 rings (SSSR count). The van der Waals surface area contributed by atoms with Gasteiger partial charge in [-0.3, -0.25) is 0 Å². The molecular formula is C11H14BrNO. The molecule has 0 aromatic heterocycles. The van der Waals surface area contributed by atoms with Crippen molar-refractivity contribution in [2.45, 2.75) is 13.0 Å². The molecule has 2 nitrogen and oxygen atoms in total. The van der Waals surface area contributed by atoms with Crippen molar-refractivity contribution in [1.82, 2.24) is 5.32 Å². The van der Waals surface area contributed by atoms with Crippen molar-refractivity contribution in [2.75, 3.05) is 13.7 Å². The molecule has 1 fully saturated rings. The van der Waals surface area contributed by atoms with Gasteiger partial charge in [-0.15, -0.1) is 0 Å². The summed E-state index contributed by atoms with van der Waals surface area (Å²) in [5.41, 5.74) is 1.33. The topological polar surface area (TPSA) is 21.3 Å². The summed E-state index contributed by atoms with van der Waals surface area (Å²) < 4.78 is 6.22. The highest BCUT2D eigenvalue weighted by atomic mass is 79.9. The Labute approximate surface area is 92.8 Å². The van der Waals surface area contributed by atoms with E-state index in [0.717, 1.165) is 22.7 Å². The number of methoxy groups -OCH3 is 1. The van der Waals surface area contributed by atoms with Crippen molar-refractivity contribution in [2.24, 2.45) is 5.92 Å². The second-order valence-electron chi connectivity index (χ2n) is 3.76. The van der Waals surface area contributed by atoms with Crippen LogP contribution in [0.4, 0.5) is 0 Å². The number of rotatable bonds is 2. The predicted molar refractivity (Wildman–Crippen MR) is 60.6 cm³/mol. The number of benzene rings is 1. The average Bonchev–Trinajstić information content (AvgIpc) is 2.16. The molecule has 1 saturated heterocycles. The fourth-order valence-corrected chi connectivity index (χ4v) is 2.35. The van der Waals surface area contributed by atoms with E-state index in [2.05, 4.69) is 40.3 Å². The Morgan fingerprint density at radius 3 is 2.71 bits per heavy atom. The van der Waals surface area contributed by atoms with Crippen molar-refractivity contribution in [1.29, 1.82) is 0 Å². The van der Waals surface area contributed by atoms with Gasteiger partial charge in [0.05, 0.1) is 11.6 Å². The molecule has 1 aromatic rings. The normalized spacial score (nSPS) is 25.6. The lowest BCUT2D eigenvalue weighted by molar-refractivity contribution is 0.258. The van der Waals surface area contributed by atoms with Crippen molar-refractivity contribution in [3.8, 4) is 5.75 Å². The Balaban J connectivity index is 2.24. The Morgan fingerprint density at radius 2 is 2.29 bits per heavy atom. The zero-order valence-corrected chi connectivity index (χ0v) is 9.97. The van der Waals surface area contributed by atoms with E-state index in [4.69, 9.17) is 4.74 Å². The number of nitrogens with one attached hydrogen (secondary N) is 1. The molecule has 0 amide bonds. The summed E-state index contributed by atoms with van der Waals surface area (Å²) in [5, 5.41) is 3.41. The molecule has 2 atom stereocenters. The van der Waals surface area contributed by atoms with Crippen molar-refractivity contribution in [3.63, 3.8) is 0 Å². The average molecular weight is 256 g/mol. The Hall–Kier alpha value is -0.540. The van der Waals surface area contributed by atoms with Gasteiger partial charge in [-0.05, 0) is 39.5 Å². The van der Waals surface area contributed by atoms with E-state index in [1.54, 1.807) is 7.11 Å². The second-order valence-corrected chi connectivity index (χ2v) is 4.61. The van der Waals surface area contributed by atoms with Crippen LogP contribution < -0.4 is 10.1 Å². The summed E-state index contributed by atoms with van der Waals surface area (Å²) in [6, 6.07) is 6.77. The van der Waals surface area contributed by atoms with Crippen LogP contribution in [0, 0.1) is 5.92 Å². The van der Waals surface area contributed by atoms with Crippen LogP contribution in [0.5, 0.6) is 5.75 Å². The second kappa shape index (κ2) is 3.91. The Bertz CT molecular complexity index is 340. The predicted octanol–water partition coefficient (Wildman–Crippen LogP) is 2.74. The van der Waals surface area contributed by atoms with E-state index in [0.29, 0.717) is 6.04 Å². The van der Waals surface area contributed by atoms with Crippen molar-refractivity contribution in [3.05, 3.63) is 28.2 Å². The summed E-state index contributed by atoms with van der Waals surface area (Å²) in [7, 11) is 1.68. The molecule has 0 aliphatic carbocycles. The molecule has 2 unspecified atom stereocenters. The summed E-state index contributed by atoms with van der Waals surface area (Å²) in [5.74, 6) is 1.62. The van der Waals surface area contributed by atoms with Crippen LogP contribution in [0.25, 0.3) is 0 Å². The number of ether oxygens (including phenoxy) is 1. The maximum atomic E-state index is 5.19. The van der Waals surface area contributed by atoms with Crippen LogP contribution in [0.2, 0.25) is 0 Å². The van der Waals surface area contributed by atoms with E-state index in [1.807, 2.05) is 6.07 Å². The maximum Gasteiger partial charge on any atom is 0.133 e. The fraction of sp³-hybridized carbons (Fsp3) is 0.455. The third-order valence-electron chi connectivity index (χ3n) is 2.76. The van der Waals surface area contributed by atoms with Gasteiger partial charge in [0.1, 0.15) is 5.75 Å². The monoisotopic (exact) mass is 255 g/mol. The number of hydrogen-bond acceptors (Lipinski definition) is 2. The highest BCUT2D eigenvalue weighted by Crippen LogP contribution is 2.33. The van der Waals surface area contributed by atoms with E-state index in [1.165, 1.54) is 5.56 Å². The molecule has 14 heavy (non-hydrogen) atoms. The molecule has 1 heterocycles. The zero-order valence-electron chi connectivity index (χ0n) is 8.38. The number of hydrogen-bond donors (Lipinski definition) is 1.